The summed E-state index contributed by atoms with van der Waals surface area (Å²) in [6.07, 6.45) is 7.28. The molecular weight excluding hydrogens is 222 g/mol. The Labute approximate surface area is 109 Å². The van der Waals surface area contributed by atoms with Gasteiger partial charge in [0.15, 0.2) is 0 Å². The quantitative estimate of drug-likeness (QED) is 0.707. The minimum Gasteiger partial charge on any atom is -0.385 e. The van der Waals surface area contributed by atoms with E-state index >= 15 is 0 Å². The molecule has 18 heavy (non-hydrogen) atoms. The van der Waals surface area contributed by atoms with Crippen molar-refractivity contribution in [1.82, 2.24) is 4.57 Å². The first-order valence-corrected chi connectivity index (χ1v) is 6.94. The summed E-state index contributed by atoms with van der Waals surface area (Å²) in [4.78, 5) is 0. The van der Waals surface area contributed by atoms with Crippen LogP contribution in [0.1, 0.15) is 24.8 Å². The van der Waals surface area contributed by atoms with Gasteiger partial charge in [0.25, 0.3) is 0 Å². The summed E-state index contributed by atoms with van der Waals surface area (Å²) >= 11 is 0. The number of hydrogen-bond acceptors (Lipinski definition) is 1. The van der Waals surface area contributed by atoms with Crippen LogP contribution in [0.2, 0.25) is 0 Å². The van der Waals surface area contributed by atoms with Crippen molar-refractivity contribution < 1.29 is 4.74 Å². The van der Waals surface area contributed by atoms with Gasteiger partial charge in [-0.3, -0.25) is 0 Å². The Hall–Kier alpha value is -1.28. The third-order valence-electron chi connectivity index (χ3n) is 3.82. The van der Waals surface area contributed by atoms with Crippen LogP contribution in [-0.4, -0.2) is 18.3 Å². The van der Waals surface area contributed by atoms with Crippen molar-refractivity contribution in [3.05, 3.63) is 36.0 Å². The van der Waals surface area contributed by atoms with E-state index in [1.165, 1.54) is 35.9 Å². The summed E-state index contributed by atoms with van der Waals surface area (Å²) in [5.41, 5.74) is 2.91. The summed E-state index contributed by atoms with van der Waals surface area (Å²) in [5.74, 6) is 0.924. The smallest absolute Gasteiger partial charge is 0.0512 e. The summed E-state index contributed by atoms with van der Waals surface area (Å²) in [7, 11) is 1.77. The van der Waals surface area contributed by atoms with E-state index in [1.54, 1.807) is 7.11 Å². The number of methoxy groups -OCH3 is 1. The first-order valence-electron chi connectivity index (χ1n) is 6.94. The van der Waals surface area contributed by atoms with E-state index in [0.29, 0.717) is 0 Å². The molecule has 1 fully saturated rings. The largest absolute Gasteiger partial charge is 0.385 e. The topological polar surface area (TPSA) is 14.2 Å². The van der Waals surface area contributed by atoms with Gasteiger partial charge in [0, 0.05) is 26.5 Å². The third kappa shape index (κ3) is 2.44. The van der Waals surface area contributed by atoms with Crippen molar-refractivity contribution in [3.63, 3.8) is 0 Å². The highest BCUT2D eigenvalue weighted by Gasteiger charge is 2.22. The van der Waals surface area contributed by atoms with E-state index < -0.39 is 0 Å². The van der Waals surface area contributed by atoms with Gasteiger partial charge in [-0.05, 0) is 48.6 Å². The average Bonchev–Trinajstić information content (AvgIpc) is 3.10. The van der Waals surface area contributed by atoms with Crippen LogP contribution in [0.3, 0.4) is 0 Å². The zero-order valence-corrected chi connectivity index (χ0v) is 11.1. The van der Waals surface area contributed by atoms with E-state index in [-0.39, 0.29) is 0 Å². The maximum absolute atomic E-state index is 5.16. The number of benzene rings is 1. The number of aryl methyl sites for hydroxylation is 1. The molecule has 1 aliphatic rings. The highest BCUT2D eigenvalue weighted by atomic mass is 16.5. The fraction of sp³-hybridized carbons (Fsp3) is 0.500. The molecule has 2 heteroatoms. The van der Waals surface area contributed by atoms with Crippen molar-refractivity contribution in [3.8, 4) is 0 Å². The van der Waals surface area contributed by atoms with Crippen molar-refractivity contribution >= 4 is 10.9 Å². The maximum atomic E-state index is 5.16. The fourth-order valence-corrected chi connectivity index (χ4v) is 2.68. The SMILES string of the molecule is COCCCc1cccc2ccn(CC3CC3)c12. The molecule has 2 aromatic rings. The van der Waals surface area contributed by atoms with Gasteiger partial charge in [0.05, 0.1) is 5.52 Å². The van der Waals surface area contributed by atoms with Gasteiger partial charge in [-0.1, -0.05) is 18.2 Å². The number of aromatic nitrogens is 1. The molecule has 0 amide bonds. The predicted molar refractivity (Wildman–Crippen MR) is 74.9 cm³/mol. The lowest BCUT2D eigenvalue weighted by molar-refractivity contribution is 0.195. The Bertz CT molecular complexity index is 525. The zero-order valence-electron chi connectivity index (χ0n) is 11.1. The average molecular weight is 243 g/mol. The van der Waals surface area contributed by atoms with Crippen LogP contribution < -0.4 is 0 Å². The number of ether oxygens (including phenoxy) is 1. The molecule has 1 saturated carbocycles. The van der Waals surface area contributed by atoms with Gasteiger partial charge >= 0.3 is 0 Å². The Morgan fingerprint density at radius 1 is 1.28 bits per heavy atom. The lowest BCUT2D eigenvalue weighted by Gasteiger charge is -2.09. The second-order valence-electron chi connectivity index (χ2n) is 5.36. The molecule has 96 valence electrons. The van der Waals surface area contributed by atoms with Gasteiger partial charge in [0.2, 0.25) is 0 Å². The molecule has 0 spiro atoms. The van der Waals surface area contributed by atoms with Crippen LogP contribution in [0.25, 0.3) is 10.9 Å². The van der Waals surface area contributed by atoms with Gasteiger partial charge < -0.3 is 9.30 Å². The zero-order chi connectivity index (χ0) is 12.4. The molecule has 0 bridgehead atoms. The molecule has 1 aromatic carbocycles. The Morgan fingerprint density at radius 2 is 2.17 bits per heavy atom. The fourth-order valence-electron chi connectivity index (χ4n) is 2.68. The van der Waals surface area contributed by atoms with Crippen molar-refractivity contribution in [2.24, 2.45) is 5.92 Å². The number of hydrogen-bond donors (Lipinski definition) is 0. The highest BCUT2D eigenvalue weighted by molar-refractivity contribution is 5.83. The molecule has 0 atom stereocenters. The molecular formula is C16H21NO. The van der Waals surface area contributed by atoms with E-state index in [1.807, 2.05) is 0 Å². The van der Waals surface area contributed by atoms with E-state index in [9.17, 15) is 0 Å². The van der Waals surface area contributed by atoms with Gasteiger partial charge in [-0.25, -0.2) is 0 Å². The van der Waals surface area contributed by atoms with Gasteiger partial charge in [-0.2, -0.15) is 0 Å². The molecule has 0 unspecified atom stereocenters. The monoisotopic (exact) mass is 243 g/mol. The molecule has 0 radical (unpaired) electrons. The molecule has 0 N–H and O–H groups in total. The summed E-state index contributed by atoms with van der Waals surface area (Å²) in [5, 5.41) is 1.38. The summed E-state index contributed by atoms with van der Waals surface area (Å²) < 4.78 is 7.61. The summed E-state index contributed by atoms with van der Waals surface area (Å²) in [6.45, 7) is 2.05. The normalized spacial score (nSPS) is 15.4. The minimum absolute atomic E-state index is 0.847. The minimum atomic E-state index is 0.847. The maximum Gasteiger partial charge on any atom is 0.0512 e. The predicted octanol–water partition coefficient (Wildman–Crippen LogP) is 3.63. The number of fused-ring (bicyclic) bond motifs is 1. The van der Waals surface area contributed by atoms with Crippen molar-refractivity contribution in [2.75, 3.05) is 13.7 Å². The Morgan fingerprint density at radius 3 is 2.94 bits per heavy atom. The first-order chi connectivity index (χ1) is 8.88. The molecule has 3 rings (SSSR count). The van der Waals surface area contributed by atoms with Gasteiger partial charge in [-0.15, -0.1) is 0 Å². The second-order valence-corrected chi connectivity index (χ2v) is 5.36. The molecule has 1 aliphatic carbocycles. The van der Waals surface area contributed by atoms with Crippen LogP contribution in [0.4, 0.5) is 0 Å². The highest BCUT2D eigenvalue weighted by Crippen LogP contribution is 2.32. The van der Waals surface area contributed by atoms with Crippen LogP contribution in [0.15, 0.2) is 30.5 Å². The molecule has 0 saturated heterocycles. The molecule has 2 nitrogen and oxygen atoms in total. The van der Waals surface area contributed by atoms with Crippen LogP contribution >= 0.6 is 0 Å². The molecule has 0 aliphatic heterocycles. The first kappa shape index (κ1) is 11.8. The number of rotatable bonds is 6. The third-order valence-corrected chi connectivity index (χ3v) is 3.82. The Balaban J connectivity index is 1.88. The van der Waals surface area contributed by atoms with Crippen LogP contribution in [0, 0.1) is 5.92 Å². The van der Waals surface area contributed by atoms with E-state index in [2.05, 4.69) is 35.0 Å². The van der Waals surface area contributed by atoms with Crippen LogP contribution in [-0.2, 0) is 17.7 Å². The van der Waals surface area contributed by atoms with Crippen molar-refractivity contribution in [2.45, 2.75) is 32.2 Å². The Kier molecular flexibility index (Phi) is 3.37. The van der Waals surface area contributed by atoms with E-state index in [4.69, 9.17) is 4.74 Å². The van der Waals surface area contributed by atoms with Crippen molar-refractivity contribution in [1.29, 1.82) is 0 Å². The molecule has 1 heterocycles. The second kappa shape index (κ2) is 5.15. The van der Waals surface area contributed by atoms with Crippen LogP contribution in [0.5, 0.6) is 0 Å². The lowest BCUT2D eigenvalue weighted by atomic mass is 10.1. The van der Waals surface area contributed by atoms with E-state index in [0.717, 1.165) is 25.4 Å². The number of nitrogens with zero attached hydrogens (tertiary/aromatic N) is 1. The standard InChI is InChI=1S/C16H21NO/c1-18-11-3-6-14-4-2-5-15-9-10-17(16(14)15)12-13-7-8-13/h2,4-5,9-10,13H,3,6-8,11-12H2,1H3. The summed E-state index contributed by atoms with van der Waals surface area (Å²) in [6, 6.07) is 8.91. The molecule has 1 aromatic heterocycles. The van der Waals surface area contributed by atoms with Gasteiger partial charge in [0.1, 0.15) is 0 Å². The lowest BCUT2D eigenvalue weighted by Crippen LogP contribution is -2.01. The number of para-hydroxylation sites is 1.